The number of aromatic nitrogens is 1. The van der Waals surface area contributed by atoms with Gasteiger partial charge in [-0.25, -0.2) is 0 Å². The zero-order chi connectivity index (χ0) is 15.4. The van der Waals surface area contributed by atoms with Crippen LogP contribution in [-0.2, 0) is 0 Å². The van der Waals surface area contributed by atoms with E-state index in [0.29, 0.717) is 23.1 Å². The standard InChI is InChI=1S/C16H21N3O3/c1-2-17-11-12-5-7-19(8-6-12)16(20)13-10-15(22-18-13)14-4-3-9-21-14/h3-4,9-10,12,17H,2,5-8,11H2,1H3. The van der Waals surface area contributed by atoms with Crippen LogP contribution in [0.4, 0.5) is 0 Å². The predicted molar refractivity (Wildman–Crippen MR) is 81.4 cm³/mol. The molecule has 22 heavy (non-hydrogen) atoms. The van der Waals surface area contributed by atoms with Crippen molar-refractivity contribution in [3.8, 4) is 11.5 Å². The largest absolute Gasteiger partial charge is 0.461 e. The number of hydrogen-bond donors (Lipinski definition) is 1. The fraction of sp³-hybridized carbons (Fsp3) is 0.500. The van der Waals surface area contributed by atoms with E-state index in [1.54, 1.807) is 24.5 Å². The molecular formula is C16H21N3O3. The number of carbonyl (C=O) groups excluding carboxylic acids is 1. The molecule has 1 amide bonds. The van der Waals surface area contributed by atoms with Gasteiger partial charge in [0, 0.05) is 19.2 Å². The highest BCUT2D eigenvalue weighted by Gasteiger charge is 2.25. The average molecular weight is 303 g/mol. The van der Waals surface area contributed by atoms with Crippen molar-refractivity contribution >= 4 is 5.91 Å². The summed E-state index contributed by atoms with van der Waals surface area (Å²) < 4.78 is 10.4. The topological polar surface area (TPSA) is 71.5 Å². The van der Waals surface area contributed by atoms with E-state index in [0.717, 1.165) is 39.0 Å². The lowest BCUT2D eigenvalue weighted by Crippen LogP contribution is -2.40. The van der Waals surface area contributed by atoms with Crippen molar-refractivity contribution in [2.45, 2.75) is 19.8 Å². The van der Waals surface area contributed by atoms with Gasteiger partial charge in [-0.05, 0) is 44.0 Å². The Morgan fingerprint density at radius 2 is 2.23 bits per heavy atom. The number of rotatable bonds is 5. The zero-order valence-corrected chi connectivity index (χ0v) is 12.7. The third-order valence-electron chi connectivity index (χ3n) is 4.08. The fourth-order valence-electron chi connectivity index (χ4n) is 2.76. The van der Waals surface area contributed by atoms with Crippen LogP contribution >= 0.6 is 0 Å². The summed E-state index contributed by atoms with van der Waals surface area (Å²) in [6.45, 7) is 5.69. The van der Waals surface area contributed by atoms with Crippen molar-refractivity contribution in [1.29, 1.82) is 0 Å². The Bertz CT molecular complexity index is 598. The molecule has 0 spiro atoms. The summed E-state index contributed by atoms with van der Waals surface area (Å²) in [4.78, 5) is 14.3. The Kier molecular flexibility index (Phi) is 4.58. The molecule has 0 saturated carbocycles. The fourth-order valence-corrected chi connectivity index (χ4v) is 2.76. The monoisotopic (exact) mass is 303 g/mol. The van der Waals surface area contributed by atoms with Gasteiger partial charge < -0.3 is 19.2 Å². The molecule has 2 aromatic heterocycles. The number of carbonyl (C=O) groups is 1. The molecule has 3 rings (SSSR count). The minimum atomic E-state index is -0.0662. The Balaban J connectivity index is 1.58. The van der Waals surface area contributed by atoms with E-state index in [2.05, 4.69) is 17.4 Å². The number of nitrogens with one attached hydrogen (secondary N) is 1. The maximum Gasteiger partial charge on any atom is 0.276 e. The molecule has 1 N–H and O–H groups in total. The highest BCUT2D eigenvalue weighted by molar-refractivity contribution is 5.93. The minimum Gasteiger partial charge on any atom is -0.461 e. The second-order valence-electron chi connectivity index (χ2n) is 5.60. The number of hydrogen-bond acceptors (Lipinski definition) is 5. The van der Waals surface area contributed by atoms with Crippen LogP contribution in [0.5, 0.6) is 0 Å². The molecule has 1 aliphatic heterocycles. The Morgan fingerprint density at radius 1 is 1.41 bits per heavy atom. The van der Waals surface area contributed by atoms with Crippen LogP contribution in [0.2, 0.25) is 0 Å². The second kappa shape index (κ2) is 6.79. The number of nitrogens with zero attached hydrogens (tertiary/aromatic N) is 2. The minimum absolute atomic E-state index is 0.0662. The molecule has 3 heterocycles. The van der Waals surface area contributed by atoms with E-state index in [-0.39, 0.29) is 5.91 Å². The Morgan fingerprint density at radius 3 is 2.91 bits per heavy atom. The molecule has 1 aliphatic rings. The van der Waals surface area contributed by atoms with E-state index in [4.69, 9.17) is 8.94 Å². The molecule has 6 nitrogen and oxygen atoms in total. The van der Waals surface area contributed by atoms with Gasteiger partial charge in [0.25, 0.3) is 5.91 Å². The molecule has 0 unspecified atom stereocenters. The molecule has 1 fully saturated rings. The van der Waals surface area contributed by atoms with Crippen LogP contribution in [0.3, 0.4) is 0 Å². The quantitative estimate of drug-likeness (QED) is 0.918. The number of piperidine rings is 1. The summed E-state index contributed by atoms with van der Waals surface area (Å²) in [5.74, 6) is 1.65. The van der Waals surface area contributed by atoms with Gasteiger partial charge in [-0.3, -0.25) is 4.79 Å². The highest BCUT2D eigenvalue weighted by Crippen LogP contribution is 2.23. The second-order valence-corrected chi connectivity index (χ2v) is 5.60. The van der Waals surface area contributed by atoms with E-state index < -0.39 is 0 Å². The summed E-state index contributed by atoms with van der Waals surface area (Å²) in [6.07, 6.45) is 3.62. The summed E-state index contributed by atoms with van der Waals surface area (Å²) in [5, 5.41) is 7.25. The summed E-state index contributed by atoms with van der Waals surface area (Å²) in [5.41, 5.74) is 0.344. The molecule has 0 aromatic carbocycles. The van der Waals surface area contributed by atoms with Gasteiger partial charge in [0.2, 0.25) is 5.76 Å². The lowest BCUT2D eigenvalue weighted by atomic mass is 9.96. The van der Waals surface area contributed by atoms with Crippen LogP contribution in [0.1, 0.15) is 30.3 Å². The van der Waals surface area contributed by atoms with E-state index in [1.165, 1.54) is 0 Å². The van der Waals surface area contributed by atoms with Crippen molar-refractivity contribution in [2.75, 3.05) is 26.2 Å². The molecule has 0 bridgehead atoms. The maximum absolute atomic E-state index is 12.5. The number of likely N-dealkylation sites (tertiary alicyclic amines) is 1. The molecule has 0 atom stereocenters. The molecule has 0 aliphatic carbocycles. The Hall–Kier alpha value is -2.08. The smallest absolute Gasteiger partial charge is 0.276 e. The molecule has 6 heteroatoms. The molecule has 2 aromatic rings. The molecule has 0 radical (unpaired) electrons. The van der Waals surface area contributed by atoms with Gasteiger partial charge in [0.15, 0.2) is 11.5 Å². The Labute approximate surface area is 129 Å². The highest BCUT2D eigenvalue weighted by atomic mass is 16.5. The first-order valence-corrected chi connectivity index (χ1v) is 7.78. The van der Waals surface area contributed by atoms with Crippen molar-refractivity contribution in [3.05, 3.63) is 30.2 Å². The summed E-state index contributed by atoms with van der Waals surface area (Å²) in [7, 11) is 0. The lowest BCUT2D eigenvalue weighted by Gasteiger charge is -2.31. The van der Waals surface area contributed by atoms with E-state index >= 15 is 0 Å². The first-order valence-electron chi connectivity index (χ1n) is 7.78. The first-order chi connectivity index (χ1) is 10.8. The zero-order valence-electron chi connectivity index (χ0n) is 12.7. The lowest BCUT2D eigenvalue weighted by molar-refractivity contribution is 0.0680. The van der Waals surface area contributed by atoms with Crippen LogP contribution in [0.25, 0.3) is 11.5 Å². The van der Waals surface area contributed by atoms with Crippen molar-refractivity contribution in [1.82, 2.24) is 15.4 Å². The van der Waals surface area contributed by atoms with Gasteiger partial charge in [-0.15, -0.1) is 0 Å². The SMILES string of the molecule is CCNCC1CCN(C(=O)c2cc(-c3ccco3)on2)CC1. The van der Waals surface area contributed by atoms with Gasteiger partial charge >= 0.3 is 0 Å². The summed E-state index contributed by atoms with van der Waals surface area (Å²) >= 11 is 0. The van der Waals surface area contributed by atoms with Crippen LogP contribution in [0.15, 0.2) is 33.4 Å². The predicted octanol–water partition coefficient (Wildman–Crippen LogP) is 2.40. The van der Waals surface area contributed by atoms with Gasteiger partial charge in [-0.2, -0.15) is 0 Å². The third kappa shape index (κ3) is 3.22. The van der Waals surface area contributed by atoms with Crippen molar-refractivity contribution < 1.29 is 13.7 Å². The van der Waals surface area contributed by atoms with Gasteiger partial charge in [0.05, 0.1) is 6.26 Å². The first kappa shape index (κ1) is 14.8. The van der Waals surface area contributed by atoms with Crippen LogP contribution in [0, 0.1) is 5.92 Å². The number of amides is 1. The van der Waals surface area contributed by atoms with Gasteiger partial charge in [0.1, 0.15) is 0 Å². The number of furan rings is 1. The third-order valence-corrected chi connectivity index (χ3v) is 4.08. The van der Waals surface area contributed by atoms with Gasteiger partial charge in [-0.1, -0.05) is 12.1 Å². The van der Waals surface area contributed by atoms with Crippen LogP contribution in [-0.4, -0.2) is 42.1 Å². The molecule has 1 saturated heterocycles. The normalized spacial score (nSPS) is 16.1. The molecule has 118 valence electrons. The van der Waals surface area contributed by atoms with E-state index in [9.17, 15) is 4.79 Å². The summed E-state index contributed by atoms with van der Waals surface area (Å²) in [6, 6.07) is 5.20. The van der Waals surface area contributed by atoms with Crippen LogP contribution < -0.4 is 5.32 Å². The van der Waals surface area contributed by atoms with Crippen molar-refractivity contribution in [2.24, 2.45) is 5.92 Å². The van der Waals surface area contributed by atoms with E-state index in [1.807, 2.05) is 4.90 Å². The maximum atomic E-state index is 12.5. The average Bonchev–Trinajstić information content (AvgIpc) is 3.23. The molecular weight excluding hydrogens is 282 g/mol. The van der Waals surface area contributed by atoms with Crippen molar-refractivity contribution in [3.63, 3.8) is 0 Å².